The van der Waals surface area contributed by atoms with Gasteiger partial charge < -0.3 is 10.1 Å². The van der Waals surface area contributed by atoms with Crippen molar-refractivity contribution in [1.29, 1.82) is 0 Å². The zero-order chi connectivity index (χ0) is 21.1. The maximum Gasteiger partial charge on any atom is 0.266 e. The standard InChI is InChI=1S/C23H21N3O3S/c1-3-29-18-12-8-7-11-17(18)25-21(27)20-15(2)19-22(30-20)24-14-26(23(19)28)13-16-9-5-4-6-10-16/h4-12,14H,3,13H2,1-2H3,(H,25,27). The van der Waals surface area contributed by atoms with Crippen LogP contribution >= 0.6 is 11.3 Å². The van der Waals surface area contributed by atoms with Crippen LogP contribution in [0.1, 0.15) is 27.7 Å². The molecule has 2 aromatic carbocycles. The van der Waals surface area contributed by atoms with E-state index in [1.165, 1.54) is 11.3 Å². The van der Waals surface area contributed by atoms with Gasteiger partial charge in [-0.15, -0.1) is 11.3 Å². The van der Waals surface area contributed by atoms with Crippen LogP contribution < -0.4 is 15.6 Å². The average Bonchev–Trinajstić information content (AvgIpc) is 3.10. The van der Waals surface area contributed by atoms with Gasteiger partial charge in [0.2, 0.25) is 0 Å². The second kappa shape index (κ2) is 8.51. The van der Waals surface area contributed by atoms with Gasteiger partial charge in [-0.25, -0.2) is 4.98 Å². The number of hydrogen-bond donors (Lipinski definition) is 1. The van der Waals surface area contributed by atoms with Crippen molar-refractivity contribution in [2.45, 2.75) is 20.4 Å². The van der Waals surface area contributed by atoms with Crippen molar-refractivity contribution >= 4 is 33.1 Å². The third kappa shape index (κ3) is 3.84. The number of fused-ring (bicyclic) bond motifs is 1. The number of thiophene rings is 1. The summed E-state index contributed by atoms with van der Waals surface area (Å²) in [6, 6.07) is 17.0. The summed E-state index contributed by atoms with van der Waals surface area (Å²) in [7, 11) is 0. The highest BCUT2D eigenvalue weighted by Crippen LogP contribution is 2.29. The lowest BCUT2D eigenvalue weighted by Gasteiger charge is -2.10. The van der Waals surface area contributed by atoms with Crippen LogP contribution in [0.15, 0.2) is 65.7 Å². The fourth-order valence-corrected chi connectivity index (χ4v) is 4.33. The molecule has 0 radical (unpaired) electrons. The first-order valence-electron chi connectivity index (χ1n) is 9.64. The molecule has 0 bridgehead atoms. The number of anilines is 1. The summed E-state index contributed by atoms with van der Waals surface area (Å²) in [5.74, 6) is 0.326. The molecule has 0 fully saturated rings. The van der Waals surface area contributed by atoms with Crippen molar-refractivity contribution in [1.82, 2.24) is 9.55 Å². The number of para-hydroxylation sites is 2. The maximum absolute atomic E-state index is 13.1. The molecule has 30 heavy (non-hydrogen) atoms. The van der Waals surface area contributed by atoms with E-state index in [4.69, 9.17) is 4.74 Å². The summed E-state index contributed by atoms with van der Waals surface area (Å²) in [5, 5.41) is 3.38. The van der Waals surface area contributed by atoms with Gasteiger partial charge in [0.1, 0.15) is 10.6 Å². The van der Waals surface area contributed by atoms with Gasteiger partial charge in [-0.1, -0.05) is 42.5 Å². The predicted molar refractivity (Wildman–Crippen MR) is 120 cm³/mol. The Kier molecular flexibility index (Phi) is 5.63. The summed E-state index contributed by atoms with van der Waals surface area (Å²) in [4.78, 5) is 31.5. The highest BCUT2D eigenvalue weighted by atomic mass is 32.1. The minimum atomic E-state index is -0.281. The lowest BCUT2D eigenvalue weighted by molar-refractivity contribution is 0.102. The van der Waals surface area contributed by atoms with E-state index >= 15 is 0 Å². The second-order valence-electron chi connectivity index (χ2n) is 6.78. The topological polar surface area (TPSA) is 73.2 Å². The molecule has 0 atom stereocenters. The number of ether oxygens (including phenoxy) is 1. The zero-order valence-corrected chi connectivity index (χ0v) is 17.5. The van der Waals surface area contributed by atoms with Crippen molar-refractivity contribution in [3.05, 3.63) is 87.3 Å². The van der Waals surface area contributed by atoms with Crippen LogP contribution in [0, 0.1) is 6.92 Å². The molecular weight excluding hydrogens is 398 g/mol. The molecule has 0 aliphatic rings. The molecule has 152 valence electrons. The Morgan fingerprint density at radius 1 is 1.13 bits per heavy atom. The van der Waals surface area contributed by atoms with E-state index in [0.29, 0.717) is 45.2 Å². The smallest absolute Gasteiger partial charge is 0.266 e. The molecule has 1 N–H and O–H groups in total. The van der Waals surface area contributed by atoms with E-state index in [1.807, 2.05) is 49.4 Å². The highest BCUT2D eigenvalue weighted by molar-refractivity contribution is 7.20. The number of nitrogens with zero attached hydrogens (tertiary/aromatic N) is 2. The van der Waals surface area contributed by atoms with E-state index < -0.39 is 0 Å². The minimum Gasteiger partial charge on any atom is -0.492 e. The number of benzene rings is 2. The van der Waals surface area contributed by atoms with E-state index in [1.54, 1.807) is 30.0 Å². The molecule has 0 saturated heterocycles. The molecule has 0 spiro atoms. The molecule has 4 rings (SSSR count). The summed E-state index contributed by atoms with van der Waals surface area (Å²) in [5.41, 5.74) is 2.10. The van der Waals surface area contributed by atoms with Crippen LogP contribution in [0.3, 0.4) is 0 Å². The Morgan fingerprint density at radius 3 is 2.63 bits per heavy atom. The number of aryl methyl sites for hydroxylation is 1. The molecule has 2 aromatic heterocycles. The fraction of sp³-hybridized carbons (Fsp3) is 0.174. The number of rotatable bonds is 6. The molecule has 7 heteroatoms. The molecule has 0 saturated carbocycles. The van der Waals surface area contributed by atoms with Crippen molar-refractivity contribution in [3.63, 3.8) is 0 Å². The Hall–Kier alpha value is -3.45. The molecule has 0 unspecified atom stereocenters. The van der Waals surface area contributed by atoms with Crippen LogP contribution in [0.4, 0.5) is 5.69 Å². The predicted octanol–water partition coefficient (Wildman–Crippen LogP) is 4.47. The number of hydrogen-bond acceptors (Lipinski definition) is 5. The molecule has 0 aliphatic heterocycles. The van der Waals surface area contributed by atoms with Crippen LogP contribution in [0.5, 0.6) is 5.75 Å². The lowest BCUT2D eigenvalue weighted by atomic mass is 10.2. The number of carbonyl (C=O) groups is 1. The average molecular weight is 420 g/mol. The Labute approximate surface area is 177 Å². The molecular formula is C23H21N3O3S. The summed E-state index contributed by atoms with van der Waals surface area (Å²) >= 11 is 1.22. The van der Waals surface area contributed by atoms with Crippen LogP contribution in [0.25, 0.3) is 10.2 Å². The van der Waals surface area contributed by atoms with Gasteiger partial charge in [0.25, 0.3) is 11.5 Å². The van der Waals surface area contributed by atoms with E-state index in [9.17, 15) is 9.59 Å². The maximum atomic E-state index is 13.1. The van der Waals surface area contributed by atoms with Gasteiger partial charge in [0.15, 0.2) is 0 Å². The third-order valence-electron chi connectivity index (χ3n) is 4.75. The lowest BCUT2D eigenvalue weighted by Crippen LogP contribution is -2.21. The first-order valence-corrected chi connectivity index (χ1v) is 10.5. The van der Waals surface area contributed by atoms with Crippen molar-refractivity contribution < 1.29 is 9.53 Å². The fourth-order valence-electron chi connectivity index (χ4n) is 3.30. The highest BCUT2D eigenvalue weighted by Gasteiger charge is 2.20. The van der Waals surface area contributed by atoms with Gasteiger partial charge in [-0.05, 0) is 37.1 Å². The molecule has 2 heterocycles. The summed E-state index contributed by atoms with van der Waals surface area (Å²) in [6.07, 6.45) is 1.54. The molecule has 6 nitrogen and oxygen atoms in total. The largest absolute Gasteiger partial charge is 0.492 e. The molecule has 0 aliphatic carbocycles. The number of amides is 1. The monoisotopic (exact) mass is 419 g/mol. The van der Waals surface area contributed by atoms with E-state index in [0.717, 1.165) is 5.56 Å². The quantitative estimate of drug-likeness (QED) is 0.501. The SMILES string of the molecule is CCOc1ccccc1NC(=O)c1sc2ncn(Cc3ccccc3)c(=O)c2c1C. The minimum absolute atomic E-state index is 0.147. The third-order valence-corrected chi connectivity index (χ3v) is 5.95. The summed E-state index contributed by atoms with van der Waals surface area (Å²) < 4.78 is 7.15. The Morgan fingerprint density at radius 2 is 1.87 bits per heavy atom. The first-order chi connectivity index (χ1) is 14.6. The van der Waals surface area contributed by atoms with Gasteiger partial charge in [-0.2, -0.15) is 0 Å². The van der Waals surface area contributed by atoms with Gasteiger partial charge in [-0.3, -0.25) is 14.2 Å². The normalized spacial score (nSPS) is 10.9. The summed E-state index contributed by atoms with van der Waals surface area (Å²) in [6.45, 7) is 4.61. The van der Waals surface area contributed by atoms with E-state index in [2.05, 4.69) is 10.3 Å². The van der Waals surface area contributed by atoms with Gasteiger partial charge >= 0.3 is 0 Å². The number of nitrogens with one attached hydrogen (secondary N) is 1. The van der Waals surface area contributed by atoms with Crippen molar-refractivity contribution in [2.75, 3.05) is 11.9 Å². The Balaban J connectivity index is 1.67. The van der Waals surface area contributed by atoms with Crippen LogP contribution in [-0.4, -0.2) is 22.1 Å². The van der Waals surface area contributed by atoms with Gasteiger partial charge in [0, 0.05) is 0 Å². The second-order valence-corrected chi connectivity index (χ2v) is 7.78. The number of carbonyl (C=O) groups excluding carboxylic acids is 1. The van der Waals surface area contributed by atoms with Crippen LogP contribution in [-0.2, 0) is 6.54 Å². The molecule has 4 aromatic rings. The molecule has 1 amide bonds. The van der Waals surface area contributed by atoms with E-state index in [-0.39, 0.29) is 11.5 Å². The van der Waals surface area contributed by atoms with Crippen LogP contribution in [0.2, 0.25) is 0 Å². The van der Waals surface area contributed by atoms with Gasteiger partial charge in [0.05, 0.1) is 35.4 Å². The Bertz CT molecular complexity index is 1260. The number of aromatic nitrogens is 2. The first kappa shape index (κ1) is 19.8. The van der Waals surface area contributed by atoms with Crippen molar-refractivity contribution in [2.24, 2.45) is 0 Å². The zero-order valence-electron chi connectivity index (χ0n) is 16.7. The van der Waals surface area contributed by atoms with Crippen molar-refractivity contribution in [3.8, 4) is 5.75 Å².